The molecule has 1 heterocycles. The molecule has 0 radical (unpaired) electrons. The lowest BCUT2D eigenvalue weighted by Crippen LogP contribution is -1.97. The van der Waals surface area contributed by atoms with Crippen molar-refractivity contribution in [3.05, 3.63) is 46.3 Å². The summed E-state index contributed by atoms with van der Waals surface area (Å²) in [5.41, 5.74) is 0.502. The van der Waals surface area contributed by atoms with Crippen molar-refractivity contribution in [1.29, 1.82) is 0 Å². The molecule has 0 saturated carbocycles. The lowest BCUT2D eigenvalue weighted by atomic mass is 10.1. The first-order chi connectivity index (χ1) is 8.99. The van der Waals surface area contributed by atoms with Gasteiger partial charge in [0.05, 0.1) is 15.9 Å². The Morgan fingerprint density at radius 1 is 1.53 bits per heavy atom. The lowest BCUT2D eigenvalue weighted by molar-refractivity contribution is -0.387. The zero-order valence-corrected chi connectivity index (χ0v) is 11.3. The first-order valence-corrected chi connectivity index (χ1v) is 6.42. The normalized spacial score (nSPS) is 12.4. The molecule has 0 fully saturated rings. The highest BCUT2D eigenvalue weighted by Gasteiger charge is 2.18. The van der Waals surface area contributed by atoms with E-state index >= 15 is 0 Å². The molecule has 1 aromatic heterocycles. The van der Waals surface area contributed by atoms with Crippen molar-refractivity contribution >= 4 is 17.4 Å². The van der Waals surface area contributed by atoms with Gasteiger partial charge < -0.3 is 9.67 Å². The molecular formula is C12H13N3O3S. The number of imidazole rings is 1. The van der Waals surface area contributed by atoms with E-state index in [0.717, 1.165) is 0 Å². The first kappa shape index (κ1) is 13.6. The molecule has 0 aliphatic carbocycles. The second kappa shape index (κ2) is 5.41. The third-order valence-electron chi connectivity index (χ3n) is 2.64. The number of aryl methyl sites for hydroxylation is 1. The van der Waals surface area contributed by atoms with Crippen molar-refractivity contribution in [1.82, 2.24) is 9.55 Å². The summed E-state index contributed by atoms with van der Waals surface area (Å²) in [7, 11) is 1.82. The van der Waals surface area contributed by atoms with E-state index in [-0.39, 0.29) is 5.69 Å². The highest BCUT2D eigenvalue weighted by Crippen LogP contribution is 2.35. The van der Waals surface area contributed by atoms with Crippen molar-refractivity contribution in [2.45, 2.75) is 23.1 Å². The first-order valence-electron chi connectivity index (χ1n) is 5.60. The second-order valence-electron chi connectivity index (χ2n) is 4.08. The smallest absolute Gasteiger partial charge is 0.283 e. The zero-order valence-electron chi connectivity index (χ0n) is 10.5. The summed E-state index contributed by atoms with van der Waals surface area (Å²) in [6, 6.07) is 4.72. The van der Waals surface area contributed by atoms with Gasteiger partial charge in [-0.3, -0.25) is 10.1 Å². The highest BCUT2D eigenvalue weighted by molar-refractivity contribution is 7.99. The summed E-state index contributed by atoms with van der Waals surface area (Å²) in [5, 5.41) is 21.2. The molecule has 0 spiro atoms. The molecule has 0 saturated heterocycles. The largest absolute Gasteiger partial charge is 0.389 e. The molecule has 6 nitrogen and oxygen atoms in total. The standard InChI is InChI=1S/C12H13N3O3S/c1-8(16)9-3-4-11(10(7-9)15(17)18)19-12-13-5-6-14(12)2/h3-8,16H,1-2H3/t8-/m0/s1. The van der Waals surface area contributed by atoms with Gasteiger partial charge in [-0.15, -0.1) is 0 Å². The Balaban J connectivity index is 2.40. The van der Waals surface area contributed by atoms with E-state index in [1.807, 2.05) is 7.05 Å². The molecule has 1 aromatic carbocycles. The van der Waals surface area contributed by atoms with E-state index in [2.05, 4.69) is 4.98 Å². The molecule has 100 valence electrons. The van der Waals surface area contributed by atoms with Crippen LogP contribution in [0.1, 0.15) is 18.6 Å². The maximum atomic E-state index is 11.1. The van der Waals surface area contributed by atoms with Crippen LogP contribution < -0.4 is 0 Å². The van der Waals surface area contributed by atoms with Crippen LogP contribution >= 0.6 is 11.8 Å². The summed E-state index contributed by atoms with van der Waals surface area (Å²) >= 11 is 1.22. The van der Waals surface area contributed by atoms with Crippen LogP contribution in [0.25, 0.3) is 0 Å². The van der Waals surface area contributed by atoms with Crippen LogP contribution in [0.4, 0.5) is 5.69 Å². The molecule has 0 unspecified atom stereocenters. The van der Waals surface area contributed by atoms with E-state index in [0.29, 0.717) is 15.6 Å². The average Bonchev–Trinajstić information content (AvgIpc) is 2.75. The third kappa shape index (κ3) is 2.94. The van der Waals surface area contributed by atoms with Crippen molar-refractivity contribution in [3.8, 4) is 0 Å². The van der Waals surface area contributed by atoms with E-state index in [9.17, 15) is 15.2 Å². The summed E-state index contributed by atoms with van der Waals surface area (Å²) in [6.07, 6.45) is 2.68. The second-order valence-corrected chi connectivity index (χ2v) is 5.09. The van der Waals surface area contributed by atoms with Gasteiger partial charge in [0, 0.05) is 25.5 Å². The van der Waals surface area contributed by atoms with Gasteiger partial charge in [0.1, 0.15) is 0 Å². The summed E-state index contributed by atoms with van der Waals surface area (Å²) in [4.78, 5) is 15.3. The molecular weight excluding hydrogens is 266 g/mol. The summed E-state index contributed by atoms with van der Waals surface area (Å²) in [5.74, 6) is 0. The van der Waals surface area contributed by atoms with Crippen molar-refractivity contribution < 1.29 is 10.0 Å². The van der Waals surface area contributed by atoms with Crippen LogP contribution in [0, 0.1) is 10.1 Å². The fourth-order valence-electron chi connectivity index (χ4n) is 1.57. The van der Waals surface area contributed by atoms with E-state index in [4.69, 9.17) is 0 Å². The molecule has 1 atom stereocenters. The fraction of sp³-hybridized carbons (Fsp3) is 0.250. The fourth-order valence-corrected chi connectivity index (χ4v) is 2.46. The molecule has 19 heavy (non-hydrogen) atoms. The van der Waals surface area contributed by atoms with Gasteiger partial charge in [-0.05, 0) is 30.3 Å². The highest BCUT2D eigenvalue weighted by atomic mass is 32.2. The minimum absolute atomic E-state index is 0.0219. The van der Waals surface area contributed by atoms with Crippen LogP contribution in [-0.2, 0) is 7.05 Å². The van der Waals surface area contributed by atoms with E-state index in [1.165, 1.54) is 17.8 Å². The topological polar surface area (TPSA) is 81.2 Å². The number of benzene rings is 1. The molecule has 2 aromatic rings. The summed E-state index contributed by atoms with van der Waals surface area (Å²) in [6.45, 7) is 1.57. The molecule has 0 aliphatic rings. The average molecular weight is 279 g/mol. The van der Waals surface area contributed by atoms with Crippen LogP contribution in [0.15, 0.2) is 40.6 Å². The minimum atomic E-state index is -0.731. The van der Waals surface area contributed by atoms with Gasteiger partial charge in [0.15, 0.2) is 5.16 Å². The Kier molecular flexibility index (Phi) is 3.87. The maximum Gasteiger partial charge on any atom is 0.283 e. The Morgan fingerprint density at radius 2 is 2.26 bits per heavy atom. The quantitative estimate of drug-likeness (QED) is 0.687. The van der Waals surface area contributed by atoms with Crippen LogP contribution in [0.2, 0.25) is 0 Å². The molecule has 0 bridgehead atoms. The Hall–Kier alpha value is -1.86. The molecule has 0 aliphatic heterocycles. The summed E-state index contributed by atoms with van der Waals surface area (Å²) < 4.78 is 1.79. The number of hydrogen-bond donors (Lipinski definition) is 1. The number of nitro benzene ring substituents is 1. The van der Waals surface area contributed by atoms with Gasteiger partial charge in [-0.2, -0.15) is 0 Å². The van der Waals surface area contributed by atoms with Crippen molar-refractivity contribution in [2.75, 3.05) is 0 Å². The predicted molar refractivity (Wildman–Crippen MR) is 71.1 cm³/mol. The number of rotatable bonds is 4. The van der Waals surface area contributed by atoms with E-state index in [1.54, 1.807) is 36.0 Å². The van der Waals surface area contributed by atoms with Crippen molar-refractivity contribution in [3.63, 3.8) is 0 Å². The Bertz CT molecular complexity index is 610. The van der Waals surface area contributed by atoms with Gasteiger partial charge in [0.2, 0.25) is 0 Å². The third-order valence-corrected chi connectivity index (χ3v) is 3.78. The lowest BCUT2D eigenvalue weighted by Gasteiger charge is -2.07. The van der Waals surface area contributed by atoms with Gasteiger partial charge in [0.25, 0.3) is 5.69 Å². The van der Waals surface area contributed by atoms with Crippen molar-refractivity contribution in [2.24, 2.45) is 7.05 Å². The Labute approximate surface area is 114 Å². The number of aliphatic hydroxyl groups is 1. The van der Waals surface area contributed by atoms with Gasteiger partial charge in [-0.25, -0.2) is 4.98 Å². The maximum absolute atomic E-state index is 11.1. The number of nitrogens with zero attached hydrogens (tertiary/aromatic N) is 3. The SMILES string of the molecule is C[C@H](O)c1ccc(Sc2nccn2C)c([N+](=O)[O-])c1. The number of hydrogen-bond acceptors (Lipinski definition) is 5. The molecule has 0 amide bonds. The molecule has 1 N–H and O–H groups in total. The Morgan fingerprint density at radius 3 is 2.79 bits per heavy atom. The number of nitro groups is 1. The monoisotopic (exact) mass is 279 g/mol. The number of aromatic nitrogens is 2. The van der Waals surface area contributed by atoms with Crippen LogP contribution in [0.3, 0.4) is 0 Å². The molecule has 2 rings (SSSR count). The van der Waals surface area contributed by atoms with E-state index < -0.39 is 11.0 Å². The van der Waals surface area contributed by atoms with Crippen LogP contribution in [-0.4, -0.2) is 19.6 Å². The molecule has 7 heteroatoms. The van der Waals surface area contributed by atoms with Gasteiger partial charge in [-0.1, -0.05) is 6.07 Å². The number of aliphatic hydroxyl groups excluding tert-OH is 1. The predicted octanol–water partition coefficient (Wildman–Crippen LogP) is 2.53. The minimum Gasteiger partial charge on any atom is -0.389 e. The zero-order chi connectivity index (χ0) is 14.0. The van der Waals surface area contributed by atoms with Crippen LogP contribution in [0.5, 0.6) is 0 Å². The van der Waals surface area contributed by atoms with Gasteiger partial charge >= 0.3 is 0 Å².